The quantitative estimate of drug-likeness (QED) is 0.428. The molecular weight excluding hydrogens is 424 g/mol. The largest absolute Gasteiger partial charge is 0.452 e. The fourth-order valence-electron chi connectivity index (χ4n) is 3.39. The minimum Gasteiger partial charge on any atom is -0.452 e. The molecule has 0 saturated carbocycles. The summed E-state index contributed by atoms with van der Waals surface area (Å²) in [4.78, 5) is 52.3. The van der Waals surface area contributed by atoms with Gasteiger partial charge in [0.1, 0.15) is 0 Å². The number of fused-ring (bicyclic) bond motifs is 1. The summed E-state index contributed by atoms with van der Waals surface area (Å²) in [5, 5.41) is 17.4. The van der Waals surface area contributed by atoms with E-state index < -0.39 is 30.3 Å². The van der Waals surface area contributed by atoms with Gasteiger partial charge in [0.25, 0.3) is 17.7 Å². The highest BCUT2D eigenvalue weighted by Crippen LogP contribution is 2.24. The van der Waals surface area contributed by atoms with E-state index in [1.54, 1.807) is 36.4 Å². The minimum atomic E-state index is -0.743. The van der Waals surface area contributed by atoms with Crippen molar-refractivity contribution in [3.63, 3.8) is 0 Å². The van der Waals surface area contributed by atoms with Crippen molar-refractivity contribution in [1.82, 2.24) is 9.80 Å². The number of hydrogen-bond donors (Lipinski definition) is 0. The molecule has 1 heterocycles. The van der Waals surface area contributed by atoms with Crippen molar-refractivity contribution in [1.29, 1.82) is 10.5 Å². The number of carbonyl (C=O) groups excluding carboxylic acids is 4. The topological polar surface area (TPSA) is 132 Å². The van der Waals surface area contributed by atoms with E-state index >= 15 is 0 Å². The number of nitriles is 2. The van der Waals surface area contributed by atoms with E-state index in [0.717, 1.165) is 4.90 Å². The van der Waals surface area contributed by atoms with E-state index in [-0.39, 0.29) is 38.0 Å². The molecule has 3 rings (SSSR count). The molecule has 0 bridgehead atoms. The first-order valence-electron chi connectivity index (χ1n) is 10.2. The summed E-state index contributed by atoms with van der Waals surface area (Å²) in [5.41, 5.74) is 1.40. The van der Waals surface area contributed by atoms with E-state index in [2.05, 4.69) is 0 Å². The Kier molecular flexibility index (Phi) is 7.51. The summed E-state index contributed by atoms with van der Waals surface area (Å²) in [7, 11) is 0. The normalized spacial score (nSPS) is 12.0. The van der Waals surface area contributed by atoms with Gasteiger partial charge in [-0.15, -0.1) is 0 Å². The second-order valence-corrected chi connectivity index (χ2v) is 7.22. The maximum absolute atomic E-state index is 12.6. The zero-order valence-electron chi connectivity index (χ0n) is 17.7. The lowest BCUT2D eigenvalue weighted by Gasteiger charge is -2.20. The van der Waals surface area contributed by atoms with Gasteiger partial charge in [-0.1, -0.05) is 24.3 Å². The minimum absolute atomic E-state index is 0.0114. The Bertz CT molecular complexity index is 1120. The van der Waals surface area contributed by atoms with Crippen LogP contribution in [0.1, 0.15) is 49.5 Å². The van der Waals surface area contributed by atoms with Crippen LogP contribution < -0.4 is 0 Å². The Morgan fingerprint density at radius 3 is 2.09 bits per heavy atom. The molecule has 9 nitrogen and oxygen atoms in total. The average molecular weight is 444 g/mol. The lowest BCUT2D eigenvalue weighted by molar-refractivity contribution is -0.134. The van der Waals surface area contributed by atoms with E-state index in [4.69, 9.17) is 15.3 Å². The molecule has 1 aliphatic rings. The van der Waals surface area contributed by atoms with Crippen molar-refractivity contribution in [2.45, 2.75) is 19.4 Å². The van der Waals surface area contributed by atoms with Gasteiger partial charge in [-0.05, 0) is 29.8 Å². The highest BCUT2D eigenvalue weighted by Gasteiger charge is 2.35. The lowest BCUT2D eigenvalue weighted by atomic mass is 10.1. The van der Waals surface area contributed by atoms with Crippen molar-refractivity contribution in [2.24, 2.45) is 0 Å². The van der Waals surface area contributed by atoms with E-state index in [1.165, 1.54) is 17.0 Å². The number of amides is 3. The van der Waals surface area contributed by atoms with Gasteiger partial charge in [0, 0.05) is 13.1 Å². The summed E-state index contributed by atoms with van der Waals surface area (Å²) in [6.07, 6.45) is 0.204. The predicted molar refractivity (Wildman–Crippen MR) is 114 cm³/mol. The SMILES string of the molecule is N#CCCN(CCC#N)C(=O)COC(=O)c1cccc(CN2C(=O)c3ccccc3C2=O)c1. The molecule has 0 radical (unpaired) electrons. The lowest BCUT2D eigenvalue weighted by Crippen LogP contribution is -2.36. The van der Waals surface area contributed by atoms with Gasteiger partial charge in [0.2, 0.25) is 0 Å². The van der Waals surface area contributed by atoms with Crippen molar-refractivity contribution >= 4 is 23.7 Å². The average Bonchev–Trinajstić information content (AvgIpc) is 3.07. The van der Waals surface area contributed by atoms with Gasteiger partial charge < -0.3 is 9.64 Å². The zero-order chi connectivity index (χ0) is 23.8. The van der Waals surface area contributed by atoms with Crippen LogP contribution in [0.2, 0.25) is 0 Å². The monoisotopic (exact) mass is 444 g/mol. The molecular formula is C24H20N4O5. The number of imide groups is 1. The van der Waals surface area contributed by atoms with Crippen LogP contribution in [0.3, 0.4) is 0 Å². The number of rotatable bonds is 9. The highest BCUT2D eigenvalue weighted by atomic mass is 16.5. The van der Waals surface area contributed by atoms with Crippen LogP contribution >= 0.6 is 0 Å². The van der Waals surface area contributed by atoms with Gasteiger partial charge in [-0.25, -0.2) is 4.79 Å². The molecule has 3 amide bonds. The molecule has 2 aromatic carbocycles. The van der Waals surface area contributed by atoms with Crippen molar-refractivity contribution < 1.29 is 23.9 Å². The summed E-state index contributed by atoms with van der Waals surface area (Å²) in [5.74, 6) is -2.04. The molecule has 0 N–H and O–H groups in total. The number of benzene rings is 2. The van der Waals surface area contributed by atoms with Gasteiger partial charge in [0.05, 0.1) is 48.2 Å². The number of hydrogen-bond acceptors (Lipinski definition) is 7. The molecule has 2 aromatic rings. The van der Waals surface area contributed by atoms with Gasteiger partial charge in [-0.2, -0.15) is 10.5 Å². The van der Waals surface area contributed by atoms with Crippen LogP contribution in [-0.4, -0.2) is 53.2 Å². The van der Waals surface area contributed by atoms with Crippen LogP contribution in [0, 0.1) is 22.7 Å². The Labute approximate surface area is 190 Å². The second kappa shape index (κ2) is 10.7. The summed E-state index contributed by atoms with van der Waals surface area (Å²) in [6.45, 7) is -0.254. The third-order valence-corrected chi connectivity index (χ3v) is 5.05. The van der Waals surface area contributed by atoms with Crippen LogP contribution in [0.4, 0.5) is 0 Å². The van der Waals surface area contributed by atoms with Crippen LogP contribution in [0.25, 0.3) is 0 Å². The first kappa shape index (κ1) is 23.2. The third kappa shape index (κ3) is 5.41. The molecule has 0 spiro atoms. The first-order chi connectivity index (χ1) is 16.0. The van der Waals surface area contributed by atoms with E-state index in [1.807, 2.05) is 12.1 Å². The fraction of sp³-hybridized carbons (Fsp3) is 0.250. The molecule has 0 aliphatic carbocycles. The molecule has 0 unspecified atom stereocenters. The summed E-state index contributed by atoms with van der Waals surface area (Å²) < 4.78 is 5.11. The second-order valence-electron chi connectivity index (χ2n) is 7.22. The van der Waals surface area contributed by atoms with Gasteiger partial charge in [0.15, 0.2) is 6.61 Å². The maximum Gasteiger partial charge on any atom is 0.338 e. The number of nitrogens with zero attached hydrogens (tertiary/aromatic N) is 4. The number of esters is 1. The number of carbonyl (C=O) groups is 4. The molecule has 0 fully saturated rings. The van der Waals surface area contributed by atoms with Crippen molar-refractivity contribution in [3.05, 3.63) is 70.8 Å². The molecule has 166 valence electrons. The molecule has 33 heavy (non-hydrogen) atoms. The summed E-state index contributed by atoms with van der Waals surface area (Å²) >= 11 is 0. The van der Waals surface area contributed by atoms with E-state index in [9.17, 15) is 19.2 Å². The maximum atomic E-state index is 12.6. The van der Waals surface area contributed by atoms with Crippen molar-refractivity contribution in [2.75, 3.05) is 19.7 Å². The number of ether oxygens (including phenoxy) is 1. The van der Waals surface area contributed by atoms with E-state index in [0.29, 0.717) is 16.7 Å². The standard InChI is InChI=1S/C24H20N4O5/c25-10-4-12-27(13-5-11-26)21(29)16-33-24(32)18-7-3-6-17(14-18)15-28-22(30)19-8-1-2-9-20(19)23(28)31/h1-3,6-9,14H,4-5,12-13,15-16H2. The summed E-state index contributed by atoms with van der Waals surface area (Å²) in [6, 6.07) is 16.7. The van der Waals surface area contributed by atoms with Crippen LogP contribution in [0.5, 0.6) is 0 Å². The highest BCUT2D eigenvalue weighted by molar-refractivity contribution is 6.21. The Morgan fingerprint density at radius 1 is 0.909 bits per heavy atom. The zero-order valence-corrected chi connectivity index (χ0v) is 17.7. The Balaban J connectivity index is 1.62. The fourth-order valence-corrected chi connectivity index (χ4v) is 3.39. The third-order valence-electron chi connectivity index (χ3n) is 5.05. The molecule has 0 saturated heterocycles. The predicted octanol–water partition coefficient (Wildman–Crippen LogP) is 2.30. The van der Waals surface area contributed by atoms with Gasteiger partial charge in [-0.3, -0.25) is 19.3 Å². The first-order valence-corrected chi connectivity index (χ1v) is 10.2. The Morgan fingerprint density at radius 2 is 1.52 bits per heavy atom. The molecule has 0 aromatic heterocycles. The smallest absolute Gasteiger partial charge is 0.338 e. The van der Waals surface area contributed by atoms with Crippen LogP contribution in [0.15, 0.2) is 48.5 Å². The molecule has 9 heteroatoms. The molecule has 1 aliphatic heterocycles. The van der Waals surface area contributed by atoms with Gasteiger partial charge >= 0.3 is 5.97 Å². The van der Waals surface area contributed by atoms with Crippen LogP contribution in [-0.2, 0) is 16.1 Å². The van der Waals surface area contributed by atoms with Crippen molar-refractivity contribution in [3.8, 4) is 12.1 Å². The Hall–Kier alpha value is -4.50. The molecule has 0 atom stereocenters.